The van der Waals surface area contributed by atoms with Crippen LogP contribution >= 0.6 is 0 Å². The second-order valence-corrected chi connectivity index (χ2v) is 8.01. The molecule has 176 valence electrons. The number of carbonyl (C=O) groups excluding carboxylic acids is 1. The van der Waals surface area contributed by atoms with Crippen LogP contribution in [-0.2, 0) is 31.2 Å². The molecule has 1 unspecified atom stereocenters. The first kappa shape index (κ1) is 30.8. The van der Waals surface area contributed by atoms with E-state index >= 15 is 0 Å². The fourth-order valence-corrected chi connectivity index (χ4v) is 3.66. The molecule has 3 saturated carbocycles. The van der Waals surface area contributed by atoms with E-state index < -0.39 is 0 Å². The van der Waals surface area contributed by atoms with Crippen LogP contribution in [0.1, 0.15) is 49.7 Å². The minimum atomic E-state index is -0.171. The zero-order chi connectivity index (χ0) is 23.7. The smallest absolute Gasteiger partial charge is 0.496 e. The molecule has 1 aromatic carbocycles. The van der Waals surface area contributed by atoms with Gasteiger partial charge in [0.2, 0.25) is 0 Å². The van der Waals surface area contributed by atoms with Crippen LogP contribution in [-0.4, -0.2) is 19.3 Å². The van der Waals surface area contributed by atoms with Crippen LogP contribution in [0.5, 0.6) is 0 Å². The van der Waals surface area contributed by atoms with E-state index in [1.54, 1.807) is 0 Å². The van der Waals surface area contributed by atoms with E-state index in [0.29, 0.717) is 18.8 Å². The number of hydrogen-bond donors (Lipinski definition) is 0. The van der Waals surface area contributed by atoms with Gasteiger partial charge in [-0.15, -0.1) is 11.1 Å². The molecule has 4 heteroatoms. The molecule has 3 aliphatic carbocycles. The van der Waals surface area contributed by atoms with Crippen molar-refractivity contribution in [2.24, 2.45) is 10.9 Å². The van der Waals surface area contributed by atoms with Gasteiger partial charge in [-0.1, -0.05) is 69.3 Å². The van der Waals surface area contributed by atoms with Crippen molar-refractivity contribution < 1.29 is 31.2 Å². The molecule has 0 bridgehead atoms. The average molecular weight is 489 g/mol. The maximum Gasteiger partial charge on any atom is 2.00 e. The molecule has 0 aliphatic heterocycles. The molecule has 4 rings (SSSR count). The number of methoxy groups -OCH3 is 1. The van der Waals surface area contributed by atoms with Gasteiger partial charge in [0.1, 0.15) is 0 Å². The summed E-state index contributed by atoms with van der Waals surface area (Å²) in [5, 5.41) is 0. The number of benzene rings is 1. The summed E-state index contributed by atoms with van der Waals surface area (Å²) in [6, 6.07) is 6.21. The van der Waals surface area contributed by atoms with Gasteiger partial charge >= 0.3 is 27.7 Å². The summed E-state index contributed by atoms with van der Waals surface area (Å²) in [5.74, 6) is 0.302. The van der Waals surface area contributed by atoms with Gasteiger partial charge in [0.05, 0.1) is 7.11 Å². The number of para-hydroxylation sites is 1. The van der Waals surface area contributed by atoms with Crippen LogP contribution in [0.25, 0.3) is 0 Å². The molecule has 34 heavy (non-hydrogen) atoms. The van der Waals surface area contributed by atoms with Crippen molar-refractivity contribution in [3.8, 4) is 0 Å². The molecule has 0 saturated heterocycles. The zero-order valence-corrected chi connectivity index (χ0v) is 22.2. The summed E-state index contributed by atoms with van der Waals surface area (Å²) >= 11 is 0. The molecule has 0 N–H and O–H groups in total. The van der Waals surface area contributed by atoms with Gasteiger partial charge in [-0.3, -0.25) is 10.4 Å². The van der Waals surface area contributed by atoms with Crippen molar-refractivity contribution in [2.45, 2.75) is 52.4 Å². The minimum Gasteiger partial charge on any atom is -0.496 e. The number of ether oxygens (including phenoxy) is 1. The number of aliphatic imine (C=N–C) groups is 1. The molecule has 3 fully saturated rings. The molecule has 0 amide bonds. The van der Waals surface area contributed by atoms with Crippen LogP contribution in [0.4, 0.5) is 5.69 Å². The number of rotatable bonds is 6. The SMILES string of the molecule is COC(=O)CC[C-]=C1CCCC1C[C-]=Nc1c(C)cccc1C.[CH]1[CH][CH][CH][CH]1.[CH]1[CH][CH][CH][CH]1.[Ti+2]. The molecule has 0 spiro atoms. The molecule has 0 aromatic heterocycles. The van der Waals surface area contributed by atoms with E-state index in [9.17, 15) is 4.79 Å². The molecule has 3 nitrogen and oxygen atoms in total. The quantitative estimate of drug-likeness (QED) is 0.191. The summed E-state index contributed by atoms with van der Waals surface area (Å²) in [5.41, 5.74) is 4.73. The first-order valence-corrected chi connectivity index (χ1v) is 11.6. The van der Waals surface area contributed by atoms with E-state index in [2.05, 4.69) is 54.1 Å². The molecule has 1 aromatic rings. The van der Waals surface area contributed by atoms with Crippen LogP contribution < -0.4 is 0 Å². The summed E-state index contributed by atoms with van der Waals surface area (Å²) in [4.78, 5) is 15.7. The normalized spacial score (nSPS) is 20.3. The minimum absolute atomic E-state index is 0. The summed E-state index contributed by atoms with van der Waals surface area (Å²) in [6.07, 6.45) is 32.0. The fraction of sp³-hybridized carbons (Fsp3) is 0.333. The van der Waals surface area contributed by atoms with Crippen molar-refractivity contribution >= 4 is 17.9 Å². The van der Waals surface area contributed by atoms with Gasteiger partial charge in [0, 0.05) is 6.42 Å². The monoisotopic (exact) mass is 489 g/mol. The van der Waals surface area contributed by atoms with Gasteiger partial charge in [-0.25, -0.2) is 0 Å². The van der Waals surface area contributed by atoms with Gasteiger partial charge in [0.25, 0.3) is 0 Å². The van der Waals surface area contributed by atoms with Crippen molar-refractivity contribution in [1.29, 1.82) is 0 Å². The van der Waals surface area contributed by atoms with Crippen LogP contribution in [0.3, 0.4) is 0 Å². The molecular formula is C30H35NO2Ti. The van der Waals surface area contributed by atoms with E-state index in [1.807, 2.05) is 64.2 Å². The maximum atomic E-state index is 11.2. The standard InChI is InChI=1S/C20H25NO2.2C5H5.Ti/c1-15-7-4-8-16(2)20(15)21-14-13-18-10-5-9-17(18)11-6-12-19(22)23-3;2*1-2-4-5-3-1;/h4,7-8,18H,5-6,9-10,12-13H2,1-3H3;2*1-5H;/q-2;;;+2. The van der Waals surface area contributed by atoms with E-state index in [1.165, 1.54) is 30.2 Å². The van der Waals surface area contributed by atoms with Crippen molar-refractivity contribution in [3.63, 3.8) is 0 Å². The summed E-state index contributed by atoms with van der Waals surface area (Å²) in [7, 11) is 1.42. The second kappa shape index (κ2) is 19.1. The Kier molecular flexibility index (Phi) is 17.3. The van der Waals surface area contributed by atoms with E-state index in [4.69, 9.17) is 0 Å². The zero-order valence-electron chi connectivity index (χ0n) is 20.6. The topological polar surface area (TPSA) is 38.7 Å². The van der Waals surface area contributed by atoms with E-state index in [0.717, 1.165) is 24.9 Å². The summed E-state index contributed by atoms with van der Waals surface area (Å²) < 4.78 is 4.66. The molecule has 1 atom stereocenters. The first-order valence-electron chi connectivity index (χ1n) is 11.6. The number of carbonyl (C=O) groups is 1. The van der Waals surface area contributed by atoms with E-state index in [-0.39, 0.29) is 27.7 Å². The van der Waals surface area contributed by atoms with Crippen molar-refractivity contribution in [2.75, 3.05) is 7.11 Å². The van der Waals surface area contributed by atoms with Crippen LogP contribution in [0.2, 0.25) is 0 Å². The average Bonchev–Trinajstić information content (AvgIpc) is 3.61. The number of allylic oxidation sites excluding steroid dienone is 2. The third kappa shape index (κ3) is 12.5. The summed E-state index contributed by atoms with van der Waals surface area (Å²) in [6.45, 7) is 4.16. The Hall–Kier alpha value is -1.19. The fourth-order valence-electron chi connectivity index (χ4n) is 3.66. The molecular weight excluding hydrogens is 454 g/mol. The maximum absolute atomic E-state index is 11.2. The Morgan fingerprint density at radius 1 is 0.971 bits per heavy atom. The van der Waals surface area contributed by atoms with Gasteiger partial charge in [-0.2, -0.15) is 12.6 Å². The Morgan fingerprint density at radius 3 is 2.00 bits per heavy atom. The van der Waals surface area contributed by atoms with Crippen molar-refractivity contribution in [1.82, 2.24) is 0 Å². The number of hydrogen-bond acceptors (Lipinski definition) is 3. The third-order valence-electron chi connectivity index (χ3n) is 5.48. The number of aryl methyl sites for hydroxylation is 2. The Morgan fingerprint density at radius 2 is 1.50 bits per heavy atom. The molecule has 3 aliphatic rings. The molecule has 10 radical (unpaired) electrons. The Balaban J connectivity index is 0.000000430. The second-order valence-electron chi connectivity index (χ2n) is 8.01. The first-order chi connectivity index (χ1) is 16.1. The van der Waals surface area contributed by atoms with Gasteiger partial charge in [0.15, 0.2) is 0 Å². The predicted molar refractivity (Wildman–Crippen MR) is 136 cm³/mol. The molecule has 0 heterocycles. The van der Waals surface area contributed by atoms with Crippen LogP contribution in [0.15, 0.2) is 28.8 Å². The number of nitrogens with zero attached hydrogens (tertiary/aromatic N) is 1. The largest absolute Gasteiger partial charge is 2.00 e. The van der Waals surface area contributed by atoms with Gasteiger partial charge in [-0.05, 0) is 64.2 Å². The Labute approximate surface area is 224 Å². The predicted octanol–water partition coefficient (Wildman–Crippen LogP) is 6.80. The Bertz CT molecular complexity index is 703. The van der Waals surface area contributed by atoms with Gasteiger partial charge < -0.3 is 15.8 Å². The third-order valence-corrected chi connectivity index (χ3v) is 5.48. The van der Waals surface area contributed by atoms with Crippen LogP contribution in [0, 0.1) is 90.0 Å². The number of esters is 1. The van der Waals surface area contributed by atoms with Crippen molar-refractivity contribution in [3.05, 3.63) is 105 Å².